The van der Waals surface area contributed by atoms with E-state index in [1.807, 2.05) is 19.1 Å². The predicted octanol–water partition coefficient (Wildman–Crippen LogP) is 3.93. The van der Waals surface area contributed by atoms with Gasteiger partial charge in [-0.25, -0.2) is 10.6 Å². The number of aromatic nitrogens is 1. The van der Waals surface area contributed by atoms with Gasteiger partial charge in [0.1, 0.15) is 0 Å². The molecular formula is C23H30N4O3. The second-order valence-corrected chi connectivity index (χ2v) is 9.11. The molecule has 160 valence electrons. The number of nitrogens with two attached hydrogens (primary N) is 1. The van der Waals surface area contributed by atoms with Gasteiger partial charge in [-0.15, -0.1) is 0 Å². The minimum Gasteiger partial charge on any atom is -0.465 e. The molecule has 2 unspecified atom stereocenters. The average molecular weight is 411 g/mol. The number of carboxylic acid groups (broad SMARTS) is 1. The van der Waals surface area contributed by atoms with Crippen molar-refractivity contribution in [2.75, 3.05) is 6.54 Å². The molecule has 3 rings (SSSR count). The van der Waals surface area contributed by atoms with E-state index in [0.717, 1.165) is 35.2 Å². The number of piperidine rings is 1. The third-order valence-electron chi connectivity index (χ3n) is 5.87. The lowest BCUT2D eigenvalue weighted by Gasteiger charge is -2.44. The molecule has 2 aromatic rings. The van der Waals surface area contributed by atoms with Crippen molar-refractivity contribution in [2.24, 2.45) is 11.3 Å². The topological polar surface area (TPSA) is 109 Å². The van der Waals surface area contributed by atoms with E-state index >= 15 is 0 Å². The number of nitrogens with zero attached hydrogens (tertiary/aromatic N) is 2. The van der Waals surface area contributed by atoms with Gasteiger partial charge in [-0.2, -0.15) is 0 Å². The Morgan fingerprint density at radius 3 is 2.60 bits per heavy atom. The molecule has 30 heavy (non-hydrogen) atoms. The third-order valence-corrected chi connectivity index (χ3v) is 5.87. The van der Waals surface area contributed by atoms with Crippen molar-refractivity contribution in [3.63, 3.8) is 0 Å². The van der Waals surface area contributed by atoms with Gasteiger partial charge in [0.25, 0.3) is 5.91 Å². The molecule has 1 aliphatic rings. The van der Waals surface area contributed by atoms with E-state index in [1.165, 1.54) is 0 Å². The van der Waals surface area contributed by atoms with Crippen LogP contribution in [-0.2, 0) is 0 Å². The van der Waals surface area contributed by atoms with Crippen LogP contribution in [0, 0.1) is 12.3 Å². The number of likely N-dealkylation sites (tertiary alicyclic amines) is 1. The SMILES string of the molecule is Cc1cc(C(=O)NN)cc(-c2cc(C3CCN(C(=O)O)C(C(C)(C)C)C3)ccn2)c1. The van der Waals surface area contributed by atoms with Gasteiger partial charge in [0.05, 0.1) is 5.69 Å². The van der Waals surface area contributed by atoms with Crippen molar-refractivity contribution in [3.05, 3.63) is 53.2 Å². The molecule has 1 aromatic carbocycles. The van der Waals surface area contributed by atoms with Crippen LogP contribution in [0.2, 0.25) is 0 Å². The van der Waals surface area contributed by atoms with Gasteiger partial charge in [-0.3, -0.25) is 15.2 Å². The Morgan fingerprint density at radius 1 is 1.23 bits per heavy atom. The number of carbonyl (C=O) groups is 2. The lowest BCUT2D eigenvalue weighted by Crippen LogP contribution is -2.51. The maximum absolute atomic E-state index is 12.0. The number of hydrogen-bond donors (Lipinski definition) is 3. The standard InChI is InChI=1S/C23H30N4O3/c1-14-9-17(11-18(10-14)21(28)26-24)19-12-15(5-7-25-19)16-6-8-27(22(29)30)20(13-16)23(2,3)4/h5,7,9-12,16,20H,6,8,13,24H2,1-4H3,(H,26,28)(H,29,30). The number of amides is 2. The Morgan fingerprint density at radius 2 is 1.97 bits per heavy atom. The van der Waals surface area contributed by atoms with Crippen LogP contribution in [0.15, 0.2) is 36.5 Å². The van der Waals surface area contributed by atoms with Crippen molar-refractivity contribution in [1.82, 2.24) is 15.3 Å². The number of nitrogen functional groups attached to an aromatic ring is 1. The first-order valence-corrected chi connectivity index (χ1v) is 10.2. The highest BCUT2D eigenvalue weighted by molar-refractivity contribution is 5.95. The molecule has 0 saturated carbocycles. The number of hydrogen-bond acceptors (Lipinski definition) is 4. The molecule has 0 spiro atoms. The van der Waals surface area contributed by atoms with Crippen LogP contribution >= 0.6 is 0 Å². The number of rotatable bonds is 3. The second-order valence-electron chi connectivity index (χ2n) is 9.11. The third kappa shape index (κ3) is 4.62. The fraction of sp³-hybridized carbons (Fsp3) is 0.435. The first kappa shape index (κ1) is 21.8. The van der Waals surface area contributed by atoms with Gasteiger partial charge in [-0.1, -0.05) is 20.8 Å². The molecule has 2 atom stereocenters. The maximum Gasteiger partial charge on any atom is 0.407 e. The predicted molar refractivity (Wildman–Crippen MR) is 116 cm³/mol. The smallest absolute Gasteiger partial charge is 0.407 e. The van der Waals surface area contributed by atoms with Crippen LogP contribution in [0.4, 0.5) is 4.79 Å². The molecule has 7 heteroatoms. The summed E-state index contributed by atoms with van der Waals surface area (Å²) in [6.07, 6.45) is 2.48. The zero-order valence-electron chi connectivity index (χ0n) is 18.0. The molecule has 7 nitrogen and oxygen atoms in total. The van der Waals surface area contributed by atoms with E-state index in [0.29, 0.717) is 12.1 Å². The Labute approximate surface area is 177 Å². The van der Waals surface area contributed by atoms with Gasteiger partial charge in [0.2, 0.25) is 0 Å². The summed E-state index contributed by atoms with van der Waals surface area (Å²) >= 11 is 0. The molecule has 0 radical (unpaired) electrons. The molecule has 4 N–H and O–H groups in total. The van der Waals surface area contributed by atoms with Crippen molar-refractivity contribution in [1.29, 1.82) is 0 Å². The molecular weight excluding hydrogens is 380 g/mol. The molecule has 1 aromatic heterocycles. The molecule has 1 fully saturated rings. The Bertz CT molecular complexity index is 952. The van der Waals surface area contributed by atoms with Gasteiger partial charge >= 0.3 is 6.09 Å². The first-order chi connectivity index (χ1) is 14.1. The molecule has 1 saturated heterocycles. The van der Waals surface area contributed by atoms with E-state index in [9.17, 15) is 14.7 Å². The Balaban J connectivity index is 1.92. The summed E-state index contributed by atoms with van der Waals surface area (Å²) in [5.41, 5.74) is 6.24. The van der Waals surface area contributed by atoms with Gasteiger partial charge in [-0.05, 0) is 72.6 Å². The number of carbonyl (C=O) groups excluding carboxylic acids is 1. The minimum absolute atomic E-state index is 0.0517. The quantitative estimate of drug-likeness (QED) is 0.404. The van der Waals surface area contributed by atoms with Crippen LogP contribution in [-0.4, -0.2) is 39.6 Å². The fourth-order valence-corrected chi connectivity index (χ4v) is 4.32. The van der Waals surface area contributed by atoms with Gasteiger partial charge in [0, 0.05) is 29.9 Å². The van der Waals surface area contributed by atoms with Crippen molar-refractivity contribution >= 4 is 12.0 Å². The summed E-state index contributed by atoms with van der Waals surface area (Å²) in [4.78, 5) is 29.8. The number of aryl methyl sites for hydroxylation is 1. The largest absolute Gasteiger partial charge is 0.465 e. The van der Waals surface area contributed by atoms with Crippen LogP contribution < -0.4 is 11.3 Å². The van der Waals surface area contributed by atoms with Crippen molar-refractivity contribution in [3.8, 4) is 11.3 Å². The average Bonchev–Trinajstić information content (AvgIpc) is 2.71. The van der Waals surface area contributed by atoms with E-state index in [2.05, 4.69) is 37.2 Å². The lowest BCUT2D eigenvalue weighted by molar-refractivity contribution is 0.0526. The molecule has 2 amide bonds. The van der Waals surface area contributed by atoms with Crippen LogP contribution in [0.1, 0.15) is 61.0 Å². The summed E-state index contributed by atoms with van der Waals surface area (Å²) in [6, 6.07) is 9.57. The Hall–Kier alpha value is -2.93. The normalized spacial score (nSPS) is 19.4. The molecule has 2 heterocycles. The highest BCUT2D eigenvalue weighted by Gasteiger charge is 2.39. The highest BCUT2D eigenvalue weighted by Crippen LogP contribution is 2.39. The lowest BCUT2D eigenvalue weighted by atomic mass is 9.75. The van der Waals surface area contributed by atoms with Gasteiger partial charge in [0.15, 0.2) is 0 Å². The van der Waals surface area contributed by atoms with Crippen molar-refractivity contribution < 1.29 is 14.7 Å². The van der Waals surface area contributed by atoms with Crippen LogP contribution in [0.25, 0.3) is 11.3 Å². The summed E-state index contributed by atoms with van der Waals surface area (Å²) in [6.45, 7) is 8.71. The molecule has 0 aliphatic carbocycles. The summed E-state index contributed by atoms with van der Waals surface area (Å²) < 4.78 is 0. The van der Waals surface area contributed by atoms with E-state index < -0.39 is 6.09 Å². The molecule has 0 bridgehead atoms. The van der Waals surface area contributed by atoms with Crippen molar-refractivity contribution in [2.45, 2.75) is 52.5 Å². The number of hydrazine groups is 1. The zero-order chi connectivity index (χ0) is 22.1. The fourth-order valence-electron chi connectivity index (χ4n) is 4.32. The summed E-state index contributed by atoms with van der Waals surface area (Å²) in [5.74, 6) is 5.19. The number of pyridine rings is 1. The summed E-state index contributed by atoms with van der Waals surface area (Å²) in [5, 5.41) is 9.61. The monoisotopic (exact) mass is 410 g/mol. The summed E-state index contributed by atoms with van der Waals surface area (Å²) in [7, 11) is 0. The molecule has 1 aliphatic heterocycles. The maximum atomic E-state index is 12.0. The Kier molecular flexibility index (Phi) is 6.12. The number of benzene rings is 1. The van der Waals surface area contributed by atoms with E-state index in [1.54, 1.807) is 23.2 Å². The van der Waals surface area contributed by atoms with Crippen LogP contribution in [0.5, 0.6) is 0 Å². The van der Waals surface area contributed by atoms with Crippen LogP contribution in [0.3, 0.4) is 0 Å². The number of nitrogens with one attached hydrogen (secondary N) is 1. The first-order valence-electron chi connectivity index (χ1n) is 10.2. The van der Waals surface area contributed by atoms with E-state index in [4.69, 9.17) is 5.84 Å². The minimum atomic E-state index is -0.853. The highest BCUT2D eigenvalue weighted by atomic mass is 16.4. The van der Waals surface area contributed by atoms with Gasteiger partial charge < -0.3 is 10.0 Å². The second kappa shape index (κ2) is 8.44. The van der Waals surface area contributed by atoms with E-state index in [-0.39, 0.29) is 23.3 Å². The zero-order valence-corrected chi connectivity index (χ0v) is 18.0.